The van der Waals surface area contributed by atoms with Gasteiger partial charge in [0.2, 0.25) is 5.95 Å². The highest BCUT2D eigenvalue weighted by Crippen LogP contribution is 2.19. The van der Waals surface area contributed by atoms with Crippen molar-refractivity contribution in [3.8, 4) is 11.3 Å². The summed E-state index contributed by atoms with van der Waals surface area (Å²) in [6.07, 6.45) is 3.45. The van der Waals surface area contributed by atoms with E-state index in [1.165, 1.54) is 0 Å². The lowest BCUT2D eigenvalue weighted by molar-refractivity contribution is 0.210. The van der Waals surface area contributed by atoms with E-state index in [4.69, 9.17) is 10.6 Å². The molecule has 7 heteroatoms. The molecule has 0 spiro atoms. The summed E-state index contributed by atoms with van der Waals surface area (Å²) >= 11 is 0. The minimum absolute atomic E-state index is 0.492. The molecule has 0 aliphatic rings. The predicted molar refractivity (Wildman–Crippen MR) is 73.4 cm³/mol. The average Bonchev–Trinajstić information content (AvgIpc) is 2.48. The fourth-order valence-corrected chi connectivity index (χ4v) is 1.53. The Morgan fingerprint density at radius 3 is 2.95 bits per heavy atom. The number of nitrogens with one attached hydrogen (secondary N) is 2. The lowest BCUT2D eigenvalue weighted by atomic mass is 10.2. The molecule has 2 heterocycles. The highest BCUT2D eigenvalue weighted by molar-refractivity contribution is 5.63. The Morgan fingerprint density at radius 2 is 2.26 bits per heavy atom. The third-order valence-corrected chi connectivity index (χ3v) is 2.42. The number of nitrogens with two attached hydrogens (primary N) is 1. The van der Waals surface area contributed by atoms with Crippen molar-refractivity contribution in [2.24, 2.45) is 5.84 Å². The van der Waals surface area contributed by atoms with Gasteiger partial charge in [0.25, 0.3) is 0 Å². The number of hydrogen-bond donors (Lipinski definition) is 3. The fourth-order valence-electron chi connectivity index (χ4n) is 1.53. The first-order valence-corrected chi connectivity index (χ1v) is 5.82. The molecule has 19 heavy (non-hydrogen) atoms. The number of aromatic nitrogens is 3. The van der Waals surface area contributed by atoms with E-state index in [0.29, 0.717) is 24.9 Å². The van der Waals surface area contributed by atoms with Crippen molar-refractivity contribution in [1.29, 1.82) is 0 Å². The predicted octanol–water partition coefficient (Wildman–Crippen LogP) is 0.882. The molecule has 0 radical (unpaired) electrons. The number of hydrogen-bond acceptors (Lipinski definition) is 7. The summed E-state index contributed by atoms with van der Waals surface area (Å²) in [5.41, 5.74) is 4.17. The lowest BCUT2D eigenvalue weighted by Crippen LogP contribution is -2.14. The maximum Gasteiger partial charge on any atom is 0.225 e. The summed E-state index contributed by atoms with van der Waals surface area (Å²) in [5.74, 6) is 6.44. The monoisotopic (exact) mass is 260 g/mol. The van der Waals surface area contributed by atoms with Crippen LogP contribution in [0.5, 0.6) is 0 Å². The minimum Gasteiger partial charge on any atom is -0.383 e. The molecule has 2 aromatic rings. The van der Waals surface area contributed by atoms with Gasteiger partial charge in [-0.25, -0.2) is 10.8 Å². The van der Waals surface area contributed by atoms with Crippen LogP contribution >= 0.6 is 0 Å². The van der Waals surface area contributed by atoms with Crippen molar-refractivity contribution in [3.63, 3.8) is 0 Å². The van der Waals surface area contributed by atoms with Gasteiger partial charge in [0, 0.05) is 37.7 Å². The average molecular weight is 260 g/mol. The fraction of sp³-hybridized carbons (Fsp3) is 0.250. The Bertz CT molecular complexity index is 519. The SMILES string of the molecule is COCCNc1nc(NN)cc(-c2cccnc2)n1. The second-order valence-corrected chi connectivity index (χ2v) is 3.77. The summed E-state index contributed by atoms with van der Waals surface area (Å²) in [6.45, 7) is 1.20. The van der Waals surface area contributed by atoms with Gasteiger partial charge in [-0.3, -0.25) is 4.98 Å². The van der Waals surface area contributed by atoms with Crippen LogP contribution in [0.4, 0.5) is 11.8 Å². The van der Waals surface area contributed by atoms with Gasteiger partial charge in [0.1, 0.15) is 5.82 Å². The van der Waals surface area contributed by atoms with Crippen LogP contribution in [0.1, 0.15) is 0 Å². The molecule has 0 amide bonds. The molecular weight excluding hydrogens is 244 g/mol. The van der Waals surface area contributed by atoms with Crippen molar-refractivity contribution in [3.05, 3.63) is 30.6 Å². The summed E-state index contributed by atoms with van der Waals surface area (Å²) in [5, 5.41) is 3.07. The van der Waals surface area contributed by atoms with Gasteiger partial charge in [-0.1, -0.05) is 0 Å². The topological polar surface area (TPSA) is 98.0 Å². The van der Waals surface area contributed by atoms with Gasteiger partial charge in [-0.15, -0.1) is 0 Å². The van der Waals surface area contributed by atoms with E-state index in [1.807, 2.05) is 12.1 Å². The van der Waals surface area contributed by atoms with Gasteiger partial charge >= 0.3 is 0 Å². The van der Waals surface area contributed by atoms with Crippen LogP contribution in [0.3, 0.4) is 0 Å². The Kier molecular flexibility index (Phi) is 4.60. The lowest BCUT2D eigenvalue weighted by Gasteiger charge is -2.09. The molecular formula is C12H16N6O. The second kappa shape index (κ2) is 6.62. The quantitative estimate of drug-likeness (QED) is 0.403. The maximum atomic E-state index is 5.41. The number of pyridine rings is 1. The van der Waals surface area contributed by atoms with Crippen LogP contribution in [0.25, 0.3) is 11.3 Å². The van der Waals surface area contributed by atoms with E-state index in [0.717, 1.165) is 11.3 Å². The number of nitrogen functional groups attached to an aromatic ring is 1. The van der Waals surface area contributed by atoms with Gasteiger partial charge < -0.3 is 15.5 Å². The van der Waals surface area contributed by atoms with Crippen LogP contribution < -0.4 is 16.6 Å². The summed E-state index contributed by atoms with van der Waals surface area (Å²) < 4.78 is 4.97. The van der Waals surface area contributed by atoms with E-state index >= 15 is 0 Å². The van der Waals surface area contributed by atoms with Crippen LogP contribution in [0.15, 0.2) is 30.6 Å². The van der Waals surface area contributed by atoms with Crippen molar-refractivity contribution in [2.75, 3.05) is 31.0 Å². The normalized spacial score (nSPS) is 10.2. The van der Waals surface area contributed by atoms with E-state index in [1.54, 1.807) is 25.6 Å². The van der Waals surface area contributed by atoms with E-state index in [2.05, 4.69) is 25.7 Å². The summed E-state index contributed by atoms with van der Waals surface area (Å²) in [7, 11) is 1.64. The van der Waals surface area contributed by atoms with Gasteiger partial charge in [0.15, 0.2) is 0 Å². The molecule has 0 bridgehead atoms. The highest BCUT2D eigenvalue weighted by Gasteiger charge is 2.05. The first-order valence-electron chi connectivity index (χ1n) is 5.82. The van der Waals surface area contributed by atoms with Gasteiger partial charge in [-0.2, -0.15) is 4.98 Å². The number of hydrazine groups is 1. The van der Waals surface area contributed by atoms with Crippen LogP contribution in [0, 0.1) is 0 Å². The first-order chi connectivity index (χ1) is 9.33. The molecule has 0 saturated heterocycles. The van der Waals surface area contributed by atoms with Crippen molar-refractivity contribution in [2.45, 2.75) is 0 Å². The molecule has 7 nitrogen and oxygen atoms in total. The third-order valence-electron chi connectivity index (χ3n) is 2.42. The van der Waals surface area contributed by atoms with Crippen LogP contribution in [0.2, 0.25) is 0 Å². The third kappa shape index (κ3) is 3.60. The molecule has 0 saturated carbocycles. The standard InChI is InChI=1S/C12H16N6O/c1-19-6-5-15-12-16-10(7-11(17-12)18-13)9-3-2-4-14-8-9/h2-4,7-8H,5-6,13H2,1H3,(H2,15,16,17,18). The largest absolute Gasteiger partial charge is 0.383 e. The Labute approximate surface area is 111 Å². The Morgan fingerprint density at radius 1 is 1.37 bits per heavy atom. The smallest absolute Gasteiger partial charge is 0.225 e. The summed E-state index contributed by atoms with van der Waals surface area (Å²) in [4.78, 5) is 12.7. The number of anilines is 2. The zero-order valence-electron chi connectivity index (χ0n) is 10.6. The molecule has 0 unspecified atom stereocenters. The van der Waals surface area contributed by atoms with Crippen molar-refractivity contribution < 1.29 is 4.74 Å². The van der Waals surface area contributed by atoms with Crippen LogP contribution in [-0.2, 0) is 4.74 Å². The molecule has 0 aromatic carbocycles. The van der Waals surface area contributed by atoms with Crippen molar-refractivity contribution in [1.82, 2.24) is 15.0 Å². The van der Waals surface area contributed by atoms with Gasteiger partial charge in [-0.05, 0) is 12.1 Å². The second-order valence-electron chi connectivity index (χ2n) is 3.77. The zero-order chi connectivity index (χ0) is 13.5. The molecule has 0 atom stereocenters. The van der Waals surface area contributed by atoms with Crippen molar-refractivity contribution >= 4 is 11.8 Å². The van der Waals surface area contributed by atoms with E-state index in [9.17, 15) is 0 Å². The Balaban J connectivity index is 2.26. The van der Waals surface area contributed by atoms with E-state index in [-0.39, 0.29) is 0 Å². The first kappa shape index (κ1) is 13.2. The molecule has 0 aliphatic heterocycles. The number of nitrogens with zero attached hydrogens (tertiary/aromatic N) is 3. The zero-order valence-corrected chi connectivity index (χ0v) is 10.6. The molecule has 0 aliphatic carbocycles. The molecule has 2 rings (SSSR count). The van der Waals surface area contributed by atoms with Gasteiger partial charge in [0.05, 0.1) is 12.3 Å². The number of methoxy groups -OCH3 is 1. The highest BCUT2D eigenvalue weighted by atomic mass is 16.5. The molecule has 100 valence electrons. The molecule has 2 aromatic heterocycles. The Hall–Kier alpha value is -2.25. The summed E-state index contributed by atoms with van der Waals surface area (Å²) in [6, 6.07) is 5.54. The molecule has 0 fully saturated rings. The van der Waals surface area contributed by atoms with Crippen LogP contribution in [-0.4, -0.2) is 35.2 Å². The maximum absolute atomic E-state index is 5.41. The number of rotatable bonds is 6. The van der Waals surface area contributed by atoms with E-state index < -0.39 is 0 Å². The minimum atomic E-state index is 0.492. The number of ether oxygens (including phenoxy) is 1. The molecule has 4 N–H and O–H groups in total.